The molecular weight excluding hydrogens is 1470 g/mol. The van der Waals surface area contributed by atoms with Crippen LogP contribution in [0.2, 0.25) is 0 Å². The number of aldehydes is 1. The highest BCUT2D eigenvalue weighted by Crippen LogP contribution is 2.35. The highest BCUT2D eigenvalue weighted by atomic mass is 79.9. The van der Waals surface area contributed by atoms with Crippen molar-refractivity contribution in [1.82, 2.24) is 9.44 Å². The minimum absolute atomic E-state index is 0. The smallest absolute Gasteiger partial charge is 0.395 e. The third kappa shape index (κ3) is 41.6. The molecule has 0 aromatic heterocycles. The van der Waals surface area contributed by atoms with E-state index in [0.717, 1.165) is 30.3 Å². The molecule has 0 aliphatic carbocycles. The van der Waals surface area contributed by atoms with Crippen LogP contribution in [0, 0.1) is 23.3 Å². The topological polar surface area (TPSA) is 238 Å². The molecule has 0 unspecified atom stereocenters. The van der Waals surface area contributed by atoms with Gasteiger partial charge in [0.2, 0.25) is 0 Å². The molecule has 90 heavy (non-hydrogen) atoms. The number of halogens is 11. The van der Waals surface area contributed by atoms with Gasteiger partial charge in [-0.2, -0.15) is 112 Å². The number of hydrogen-bond acceptors (Lipinski definition) is 10. The Labute approximate surface area is 580 Å². The van der Waals surface area contributed by atoms with E-state index in [4.69, 9.17) is 10.2 Å². The fourth-order valence-electron chi connectivity index (χ4n) is 4.76. The summed E-state index contributed by atoms with van der Waals surface area (Å²) in [5.74, 6) is -16.2. The van der Waals surface area contributed by atoms with Crippen molar-refractivity contribution in [3.63, 3.8) is 0 Å². The number of alkyl halides is 7. The number of carboxylic acid groups (broad SMARTS) is 1. The van der Waals surface area contributed by atoms with Crippen LogP contribution in [-0.2, 0) is 67.8 Å². The second-order valence-corrected chi connectivity index (χ2v) is 29.4. The number of carbonyl (C=O) groups excluding carboxylic acids is 3. The van der Waals surface area contributed by atoms with Crippen LogP contribution in [-0.4, -0.2) is 101 Å². The van der Waals surface area contributed by atoms with E-state index in [2.05, 4.69) is 23.3 Å². The lowest BCUT2D eigenvalue weighted by molar-refractivity contribution is -0.175. The average molecular weight is 1550 g/mol. The first-order valence-corrected chi connectivity index (χ1v) is 29.9. The molecule has 0 bridgehead atoms. The Kier molecular flexibility index (Phi) is 53.8. The van der Waals surface area contributed by atoms with Crippen LogP contribution < -0.4 is 14.6 Å². The zero-order chi connectivity index (χ0) is 66.0. The lowest BCUT2D eigenvalue weighted by Gasteiger charge is -2.29. The molecule has 522 valence electrons. The summed E-state index contributed by atoms with van der Waals surface area (Å²) in [7, 11) is -6.34. The van der Waals surface area contributed by atoms with Crippen molar-refractivity contribution < 1.29 is 94.5 Å². The van der Waals surface area contributed by atoms with Crippen LogP contribution in [0.5, 0.6) is 0 Å². The molecule has 15 nitrogen and oxygen atoms in total. The number of hydrogen-bond donors (Lipinski definition) is 4. The molecule has 6 atom stereocenters. The largest absolute Gasteiger partial charge is 0.477 e. The first kappa shape index (κ1) is 103. The van der Waals surface area contributed by atoms with Crippen molar-refractivity contribution in [1.29, 1.82) is 0 Å². The Hall–Kier alpha value is -3.01. The van der Waals surface area contributed by atoms with Gasteiger partial charge in [-0.1, -0.05) is 48.5 Å². The number of aliphatic carboxylic acids is 1. The third-order valence-electron chi connectivity index (χ3n) is 9.25. The maximum absolute atomic E-state index is 14.4. The van der Waals surface area contributed by atoms with E-state index in [1.807, 2.05) is 57.5 Å². The van der Waals surface area contributed by atoms with Gasteiger partial charge in [-0.3, -0.25) is 9.93 Å². The van der Waals surface area contributed by atoms with Crippen LogP contribution in [0.15, 0.2) is 101 Å². The molecule has 0 aliphatic heterocycles. The molecule has 36 heteroatoms. The minimum atomic E-state index is -4.24. The molecule has 0 fully saturated rings. The molecule has 0 aliphatic rings. The monoisotopic (exact) mass is 1550 g/mol. The molecule has 4 aromatic rings. The van der Waals surface area contributed by atoms with E-state index >= 15 is 0 Å². The molecule has 4 rings (SSSR count). The quantitative estimate of drug-likeness (QED) is 0.0270. The first-order chi connectivity index (χ1) is 38.1. The van der Waals surface area contributed by atoms with Crippen molar-refractivity contribution in [3.8, 4) is 0 Å². The number of benzene rings is 4. The van der Waals surface area contributed by atoms with E-state index in [1.54, 1.807) is 39.0 Å². The third-order valence-corrected chi connectivity index (χ3v) is 15.2. The number of nitrogens with one attached hydrogen (secondary N) is 2. The van der Waals surface area contributed by atoms with Crippen molar-refractivity contribution >= 4 is 171 Å². The minimum Gasteiger partial charge on any atom is -0.477 e. The maximum Gasteiger partial charge on any atom is 0.395 e. The number of nitrogens with zero attached hydrogens (tertiary/aromatic N) is 1. The number of esters is 2. The summed E-state index contributed by atoms with van der Waals surface area (Å²) < 4.78 is 192. The zero-order valence-corrected chi connectivity index (χ0v) is 62.2. The first-order valence-electron chi connectivity index (χ1n) is 24.5. The SMILES string of the molecule is CC(C)(C)[S@@](N)=O.CC(C)(C)[S@](=O)N=Cc1cccc(F)c1.CC(C)(C)[S@](=O)N[C@@H](c1cccc(F)c1)C(F)(F)C(=O)O.CCOC(=O)C(F)(F)Br.CCOC(=O)C(F)(F)[C@@H](N[S@@](=O)C(C)(C)C)c1cccc(F)c1.O=Cc1cccc(F)c1.S.S.S.S.S.S. The number of nitrogens with two attached hydrogens (primary N) is 1. The van der Waals surface area contributed by atoms with Crippen LogP contribution in [0.1, 0.15) is 136 Å². The lowest BCUT2D eigenvalue weighted by Crippen LogP contribution is -2.47. The van der Waals surface area contributed by atoms with Crippen molar-refractivity contribution in [3.05, 3.63) is 143 Å². The summed E-state index contributed by atoms with van der Waals surface area (Å²) in [5, 5.41) is 13.7. The van der Waals surface area contributed by atoms with E-state index in [1.165, 1.54) is 89.4 Å². The number of carboxylic acids is 1. The second-order valence-electron chi connectivity index (χ2n) is 20.7. The molecule has 4 aromatic carbocycles. The van der Waals surface area contributed by atoms with Gasteiger partial charge in [-0.25, -0.2) is 58.2 Å². The van der Waals surface area contributed by atoms with Crippen molar-refractivity contribution in [2.75, 3.05) is 13.2 Å². The van der Waals surface area contributed by atoms with Crippen molar-refractivity contribution in [2.45, 2.75) is 145 Å². The maximum atomic E-state index is 14.4. The standard InChI is InChI=1S/C15H20F3NO3S.C13H16F3NO3S.C11H14FNOS.C7H5FO.C4H5BrF2O2.C4H11NOS.6H2S/c1-5-22-13(20)15(17,18)12(19-23(21)14(2,3)4)10-7-6-8-11(16)9-10;1-12(2,3)21(20)17-10(13(15,16)11(18)19)8-5-4-6-9(14)7-8;1-11(2,3)15(14)13-8-9-5-4-6-10(12)7-9;8-7-3-1-2-6(4-7)5-9;1-2-9-3(8)4(5,6)7;1-4(2,3)7(5)6;;;;;;/h6-9,12,19H,5H2,1-4H3;4-7,10,17H,1-3H3,(H,18,19);4-8H,1-3H3;1-5H;2H2,1H3;5H2,1-3H3;6*1H2/t12-,23-;10-,21-;15-;;;7-;;;;;;/m000..0....../s1. The van der Waals surface area contributed by atoms with Gasteiger partial charge in [-0.15, -0.1) is 0 Å². The fourth-order valence-corrected chi connectivity index (χ4v) is 7.11. The Bertz CT molecular complexity index is 2900. The number of rotatable bonds is 16. The van der Waals surface area contributed by atoms with Gasteiger partial charge in [0.05, 0.1) is 65.2 Å². The van der Waals surface area contributed by atoms with Gasteiger partial charge in [0.1, 0.15) is 52.6 Å². The summed E-state index contributed by atoms with van der Waals surface area (Å²) in [6.07, 6.45) is 2.05. The Morgan fingerprint density at radius 3 is 1.11 bits per heavy atom. The summed E-state index contributed by atoms with van der Waals surface area (Å²) in [5.41, 5.74) is 0.503. The highest BCUT2D eigenvalue weighted by Gasteiger charge is 2.52. The van der Waals surface area contributed by atoms with Crippen LogP contribution in [0.25, 0.3) is 0 Å². The van der Waals surface area contributed by atoms with E-state index in [-0.39, 0.29) is 126 Å². The summed E-state index contributed by atoms with van der Waals surface area (Å²) in [6.45, 7) is 23.0. The van der Waals surface area contributed by atoms with E-state index < -0.39 is 112 Å². The highest BCUT2D eigenvalue weighted by molar-refractivity contribution is 9.10. The van der Waals surface area contributed by atoms with E-state index in [0.29, 0.717) is 17.4 Å². The molecule has 0 heterocycles. The molecule has 0 radical (unpaired) electrons. The molecule has 0 spiro atoms. The molecule has 0 saturated heterocycles. The van der Waals surface area contributed by atoms with E-state index in [9.17, 15) is 79.9 Å². The summed E-state index contributed by atoms with van der Waals surface area (Å²) in [6, 6.07) is 16.1. The van der Waals surface area contributed by atoms with Crippen LogP contribution in [0.4, 0.5) is 43.9 Å². The second kappa shape index (κ2) is 47.0. The Morgan fingerprint density at radius 1 is 0.544 bits per heavy atom. The van der Waals surface area contributed by atoms with Gasteiger partial charge in [0, 0.05) is 27.7 Å². The zero-order valence-electron chi connectivity index (χ0n) is 51.3. The number of ether oxygens (including phenoxy) is 2. The molecule has 5 N–H and O–H groups in total. The van der Waals surface area contributed by atoms with Gasteiger partial charge in [0.25, 0.3) is 0 Å². The molecule has 0 amide bonds. The summed E-state index contributed by atoms with van der Waals surface area (Å²) >= 11 is 1.84. The van der Waals surface area contributed by atoms with Crippen LogP contribution in [0.3, 0.4) is 0 Å². The molecule has 0 saturated carbocycles. The van der Waals surface area contributed by atoms with Crippen molar-refractivity contribution in [2.24, 2.45) is 9.54 Å². The Morgan fingerprint density at radius 2 is 0.856 bits per heavy atom. The van der Waals surface area contributed by atoms with Crippen LogP contribution >= 0.6 is 96.9 Å². The predicted octanol–water partition coefficient (Wildman–Crippen LogP) is 12.7. The van der Waals surface area contributed by atoms with Gasteiger partial charge in [-0.05, 0) is 162 Å². The molecular formula is C54H83BrF10N4O11S10. The lowest BCUT2D eigenvalue weighted by atomic mass is 10.0. The van der Waals surface area contributed by atoms with Gasteiger partial charge >= 0.3 is 34.6 Å². The normalized spacial score (nSPS) is 13.2. The number of carbonyl (C=O) groups is 4. The predicted molar refractivity (Wildman–Crippen MR) is 373 cm³/mol. The van der Waals surface area contributed by atoms with Gasteiger partial charge in [0.15, 0.2) is 0 Å². The Balaban J connectivity index is -0.000000154. The fraction of sp³-hybridized carbons (Fsp3) is 0.463. The van der Waals surface area contributed by atoms with Gasteiger partial charge < -0.3 is 14.6 Å². The summed E-state index contributed by atoms with van der Waals surface area (Å²) in [4.78, 5) is 38.9. The average Bonchev–Trinajstić information content (AvgIpc) is 1.29.